The molecule has 0 spiro atoms. The van der Waals surface area contributed by atoms with Gasteiger partial charge in [0.05, 0.1) is 18.6 Å². The number of aliphatic hydroxyl groups is 2. The van der Waals surface area contributed by atoms with Gasteiger partial charge in [0.1, 0.15) is 11.9 Å². The molecule has 1 aromatic rings. The van der Waals surface area contributed by atoms with Crippen LogP contribution in [0, 0.1) is 5.92 Å². The SMILES string of the molecule is CO[C@H]1/C=C/C=C(\C)Cc2cc(O)cc(c2)NC(=O)C[C@H](O)/C(C)=C/[C@H](C)[C@@H](O)CC1=O. The number of nitrogens with one attached hydrogen (secondary N) is 1. The number of carbonyl (C=O) groups is 2. The van der Waals surface area contributed by atoms with Crippen molar-refractivity contribution < 1.29 is 29.6 Å². The molecule has 0 aliphatic carbocycles. The van der Waals surface area contributed by atoms with Crippen molar-refractivity contribution >= 4 is 17.4 Å². The number of phenols is 1. The molecule has 4 atom stereocenters. The Balaban J connectivity index is 2.38. The zero-order chi connectivity index (χ0) is 23.8. The monoisotopic (exact) mass is 443 g/mol. The minimum Gasteiger partial charge on any atom is -0.508 e. The first-order chi connectivity index (χ1) is 15.1. The lowest BCUT2D eigenvalue weighted by atomic mass is 9.94. The molecule has 0 radical (unpaired) electrons. The Morgan fingerprint density at radius 3 is 2.50 bits per heavy atom. The molecule has 7 nitrogen and oxygen atoms in total. The molecular formula is C25H33NO6. The van der Waals surface area contributed by atoms with E-state index in [1.54, 1.807) is 44.2 Å². The third-order valence-corrected chi connectivity index (χ3v) is 5.43. The molecule has 0 unspecified atom stereocenters. The molecule has 7 heteroatoms. The molecular weight excluding hydrogens is 410 g/mol. The van der Waals surface area contributed by atoms with Crippen molar-refractivity contribution in [2.75, 3.05) is 12.4 Å². The molecule has 0 saturated carbocycles. The van der Waals surface area contributed by atoms with Crippen LogP contribution in [0.15, 0.2) is 53.6 Å². The van der Waals surface area contributed by atoms with Crippen LogP contribution >= 0.6 is 0 Å². The number of rotatable bonds is 1. The molecule has 1 aliphatic rings. The predicted octanol–water partition coefficient (Wildman–Crippen LogP) is 3.06. The van der Waals surface area contributed by atoms with Gasteiger partial charge in [-0.2, -0.15) is 0 Å². The van der Waals surface area contributed by atoms with Crippen LogP contribution in [0.2, 0.25) is 0 Å². The number of ketones is 1. The lowest BCUT2D eigenvalue weighted by Crippen LogP contribution is -2.28. The van der Waals surface area contributed by atoms with Crippen LogP contribution in [-0.2, 0) is 20.7 Å². The van der Waals surface area contributed by atoms with Crippen molar-refractivity contribution in [3.8, 4) is 5.75 Å². The van der Waals surface area contributed by atoms with E-state index in [-0.39, 0.29) is 24.4 Å². The maximum absolute atomic E-state index is 12.6. The molecule has 174 valence electrons. The van der Waals surface area contributed by atoms with Crippen molar-refractivity contribution in [3.05, 3.63) is 59.2 Å². The van der Waals surface area contributed by atoms with E-state index in [0.717, 1.165) is 11.1 Å². The number of fused-ring (bicyclic) bond motifs is 2. The van der Waals surface area contributed by atoms with E-state index in [2.05, 4.69) is 5.32 Å². The Morgan fingerprint density at radius 2 is 1.81 bits per heavy atom. The topological polar surface area (TPSA) is 116 Å². The van der Waals surface area contributed by atoms with Crippen molar-refractivity contribution in [2.45, 2.75) is 58.3 Å². The lowest BCUT2D eigenvalue weighted by Gasteiger charge is -2.19. The Hall–Kier alpha value is -2.74. The van der Waals surface area contributed by atoms with Crippen molar-refractivity contribution in [2.24, 2.45) is 5.92 Å². The zero-order valence-corrected chi connectivity index (χ0v) is 19.0. The van der Waals surface area contributed by atoms with E-state index in [9.17, 15) is 24.9 Å². The highest BCUT2D eigenvalue weighted by Crippen LogP contribution is 2.23. The third kappa shape index (κ3) is 7.75. The minimum absolute atomic E-state index is 0.0246. The Kier molecular flexibility index (Phi) is 9.38. The average Bonchev–Trinajstić information content (AvgIpc) is 2.69. The quantitative estimate of drug-likeness (QED) is 0.496. The van der Waals surface area contributed by atoms with Crippen molar-refractivity contribution in [1.29, 1.82) is 0 Å². The summed E-state index contributed by atoms with van der Waals surface area (Å²) in [5, 5.41) is 33.6. The van der Waals surface area contributed by atoms with Gasteiger partial charge in [-0.15, -0.1) is 0 Å². The van der Waals surface area contributed by atoms with E-state index in [1.807, 2.05) is 13.0 Å². The molecule has 1 aromatic carbocycles. The number of aliphatic hydroxyl groups excluding tert-OH is 2. The number of ether oxygens (including phenoxy) is 1. The Bertz CT molecular complexity index is 917. The maximum Gasteiger partial charge on any atom is 0.227 e. The first-order valence-electron chi connectivity index (χ1n) is 10.7. The van der Waals surface area contributed by atoms with E-state index in [4.69, 9.17) is 4.74 Å². The number of aromatic hydroxyl groups is 1. The van der Waals surface area contributed by atoms with Crippen LogP contribution in [0.5, 0.6) is 5.75 Å². The van der Waals surface area contributed by atoms with Gasteiger partial charge in [-0.1, -0.05) is 30.7 Å². The largest absolute Gasteiger partial charge is 0.508 e. The summed E-state index contributed by atoms with van der Waals surface area (Å²) in [7, 11) is 1.44. The molecule has 2 rings (SSSR count). The first kappa shape index (κ1) is 25.5. The van der Waals surface area contributed by atoms with Crippen LogP contribution in [0.3, 0.4) is 0 Å². The smallest absolute Gasteiger partial charge is 0.227 e. The number of anilines is 1. The number of Topliss-reactive ketones (excluding diaryl/α,β-unsaturated/α-hetero) is 1. The highest BCUT2D eigenvalue weighted by Gasteiger charge is 2.23. The van der Waals surface area contributed by atoms with E-state index in [1.165, 1.54) is 13.2 Å². The second-order valence-corrected chi connectivity index (χ2v) is 8.39. The standard InChI is InChI=1S/C25H33NO6/c1-15-6-5-7-24(32-4)23(30)13-21(28)16(2)9-17(3)22(29)14-25(31)26-19-10-18(8-15)11-20(27)12-19/h5-7,9-12,16,21-22,24,27-29H,8,13-14H2,1-4H3,(H,26,31)/b7-5+,15-6+,17-9+/t16-,21-,22-,24-/m0/s1. The summed E-state index contributed by atoms with van der Waals surface area (Å²) in [5.74, 6) is -1.04. The fourth-order valence-electron chi connectivity index (χ4n) is 3.56. The molecule has 1 heterocycles. The van der Waals surface area contributed by atoms with E-state index < -0.39 is 30.1 Å². The number of phenolic OH excluding ortho intramolecular Hbond substituents is 1. The lowest BCUT2D eigenvalue weighted by molar-refractivity contribution is -0.128. The zero-order valence-electron chi connectivity index (χ0n) is 19.0. The summed E-state index contributed by atoms with van der Waals surface area (Å²) >= 11 is 0. The first-order valence-corrected chi connectivity index (χ1v) is 10.7. The fourth-order valence-corrected chi connectivity index (χ4v) is 3.56. The summed E-state index contributed by atoms with van der Waals surface area (Å²) < 4.78 is 5.27. The second kappa shape index (κ2) is 11.8. The molecule has 32 heavy (non-hydrogen) atoms. The predicted molar refractivity (Wildman–Crippen MR) is 123 cm³/mol. The minimum atomic E-state index is -1.04. The van der Waals surface area contributed by atoms with Crippen LogP contribution in [-0.4, -0.2) is 52.4 Å². The summed E-state index contributed by atoms with van der Waals surface area (Å²) in [5.41, 5.74) is 2.73. The highest BCUT2D eigenvalue weighted by molar-refractivity contribution is 5.91. The van der Waals surface area contributed by atoms with Gasteiger partial charge >= 0.3 is 0 Å². The van der Waals surface area contributed by atoms with Crippen molar-refractivity contribution in [1.82, 2.24) is 0 Å². The number of hydrogen-bond donors (Lipinski definition) is 4. The molecule has 0 aromatic heterocycles. The molecule has 0 fully saturated rings. The summed E-state index contributed by atoms with van der Waals surface area (Å²) in [6, 6.07) is 4.83. The molecule has 0 saturated heterocycles. The highest BCUT2D eigenvalue weighted by atomic mass is 16.5. The maximum atomic E-state index is 12.6. The number of allylic oxidation sites excluding steroid dienone is 3. The number of hydrogen-bond acceptors (Lipinski definition) is 6. The van der Waals surface area contributed by atoms with Gasteiger partial charge in [-0.25, -0.2) is 0 Å². The number of amides is 1. The van der Waals surface area contributed by atoms with E-state index in [0.29, 0.717) is 17.7 Å². The normalized spacial score (nSPS) is 30.6. The summed E-state index contributed by atoms with van der Waals surface area (Å²) in [6.45, 7) is 5.33. The molecule has 1 amide bonds. The van der Waals surface area contributed by atoms with E-state index >= 15 is 0 Å². The number of methoxy groups -OCH3 is 1. The average molecular weight is 444 g/mol. The van der Waals surface area contributed by atoms with Gasteiger partial charge in [0.25, 0.3) is 0 Å². The molecule has 2 bridgehead atoms. The van der Waals surface area contributed by atoms with Gasteiger partial charge < -0.3 is 25.4 Å². The summed E-state index contributed by atoms with van der Waals surface area (Å²) in [6.07, 6.45) is 4.35. The summed E-state index contributed by atoms with van der Waals surface area (Å²) in [4.78, 5) is 25.0. The van der Waals surface area contributed by atoms with Gasteiger partial charge in [-0.05, 0) is 49.6 Å². The van der Waals surface area contributed by atoms with Crippen LogP contribution in [0.25, 0.3) is 0 Å². The van der Waals surface area contributed by atoms with Gasteiger partial charge in [-0.3, -0.25) is 9.59 Å². The van der Waals surface area contributed by atoms with Gasteiger partial charge in [0.2, 0.25) is 5.91 Å². The number of benzene rings is 1. The van der Waals surface area contributed by atoms with Crippen molar-refractivity contribution in [3.63, 3.8) is 0 Å². The number of carbonyl (C=O) groups excluding carboxylic acids is 2. The Labute approximate surface area is 189 Å². The third-order valence-electron chi connectivity index (χ3n) is 5.43. The molecule has 4 N–H and O–H groups in total. The fraction of sp³-hybridized carbons (Fsp3) is 0.440. The van der Waals surface area contributed by atoms with Crippen LogP contribution < -0.4 is 5.32 Å². The van der Waals surface area contributed by atoms with Crippen LogP contribution in [0.1, 0.15) is 39.2 Å². The van der Waals surface area contributed by atoms with Crippen LogP contribution in [0.4, 0.5) is 5.69 Å². The van der Waals surface area contributed by atoms with Gasteiger partial charge in [0.15, 0.2) is 5.78 Å². The molecule has 1 aliphatic heterocycles. The Morgan fingerprint density at radius 1 is 1.09 bits per heavy atom. The second-order valence-electron chi connectivity index (χ2n) is 8.39. The van der Waals surface area contributed by atoms with Gasteiger partial charge in [0, 0.05) is 31.2 Å².